The Kier molecular flexibility index (Phi) is 8.80. The molecule has 3 unspecified atom stereocenters. The first-order valence-corrected chi connectivity index (χ1v) is 9.38. The van der Waals surface area contributed by atoms with Gasteiger partial charge < -0.3 is 22.1 Å². The van der Waals surface area contributed by atoms with E-state index in [-0.39, 0.29) is 6.42 Å². The molecule has 0 aliphatic carbocycles. The fourth-order valence-electron chi connectivity index (χ4n) is 2.10. The molecule has 1 rings (SSSR count). The number of Topliss-reactive ketones (excluding diaryl/α,β-unsaturated/α-hetero) is 1. The minimum Gasteiger partial charge on any atom is -0.368 e. The molecule has 0 spiro atoms. The molecule has 142 valence electrons. The van der Waals surface area contributed by atoms with Gasteiger partial charge in [0, 0.05) is 12.2 Å². The molecular formula is C17H24N4O4S. The molecule has 0 saturated carbocycles. The van der Waals surface area contributed by atoms with Crippen LogP contribution < -0.4 is 22.1 Å². The number of ketones is 1. The van der Waals surface area contributed by atoms with Crippen LogP contribution in [-0.4, -0.2) is 53.6 Å². The number of primary amides is 1. The molecule has 0 heterocycles. The molecule has 0 aliphatic heterocycles. The number of hydrogen-bond donors (Lipinski definition) is 4. The van der Waals surface area contributed by atoms with Gasteiger partial charge in [-0.2, -0.15) is 11.8 Å². The van der Waals surface area contributed by atoms with Gasteiger partial charge in [0.1, 0.15) is 12.1 Å². The number of nitrogens with one attached hydrogen (secondary N) is 2. The lowest BCUT2D eigenvalue weighted by Gasteiger charge is -2.21. The Morgan fingerprint density at radius 3 is 2.27 bits per heavy atom. The van der Waals surface area contributed by atoms with Gasteiger partial charge in [-0.3, -0.25) is 19.2 Å². The van der Waals surface area contributed by atoms with Crippen LogP contribution in [0.3, 0.4) is 0 Å². The standard InChI is InChI=1S/C17H24N4O4S/c1-10(15(19)23)20-16(24)13(8-11-6-4-3-5-7-11)21-17(25)14(22)12(18)9-26-2/h3-7,10,12-13H,8-9,18H2,1-2H3,(H2,19,23)(H,20,24)(H,21,25). The maximum Gasteiger partial charge on any atom is 0.289 e. The van der Waals surface area contributed by atoms with E-state index in [0.29, 0.717) is 5.75 Å². The van der Waals surface area contributed by atoms with Crippen LogP contribution in [0, 0.1) is 0 Å². The molecule has 0 saturated heterocycles. The van der Waals surface area contributed by atoms with Crippen molar-refractivity contribution in [2.75, 3.05) is 12.0 Å². The van der Waals surface area contributed by atoms with Crippen LogP contribution in [0.1, 0.15) is 12.5 Å². The molecule has 6 N–H and O–H groups in total. The summed E-state index contributed by atoms with van der Waals surface area (Å²) in [6.07, 6.45) is 1.91. The monoisotopic (exact) mass is 380 g/mol. The lowest BCUT2D eigenvalue weighted by atomic mass is 10.0. The van der Waals surface area contributed by atoms with Gasteiger partial charge in [0.2, 0.25) is 17.6 Å². The summed E-state index contributed by atoms with van der Waals surface area (Å²) < 4.78 is 0. The van der Waals surface area contributed by atoms with Crippen molar-refractivity contribution in [2.24, 2.45) is 11.5 Å². The van der Waals surface area contributed by atoms with Gasteiger partial charge in [0.15, 0.2) is 0 Å². The van der Waals surface area contributed by atoms with Crippen LogP contribution in [0.5, 0.6) is 0 Å². The van der Waals surface area contributed by atoms with Gasteiger partial charge in [-0.25, -0.2) is 0 Å². The molecule has 0 aliphatic rings. The predicted octanol–water partition coefficient (Wildman–Crippen LogP) is -1.04. The fraction of sp³-hybridized carbons (Fsp3) is 0.412. The van der Waals surface area contributed by atoms with Crippen molar-refractivity contribution in [3.63, 3.8) is 0 Å². The second-order valence-corrected chi connectivity index (χ2v) is 6.69. The molecule has 9 heteroatoms. The minimum absolute atomic E-state index is 0.148. The number of nitrogens with two attached hydrogens (primary N) is 2. The number of rotatable bonds is 10. The average molecular weight is 380 g/mol. The van der Waals surface area contributed by atoms with Crippen LogP contribution in [0.25, 0.3) is 0 Å². The van der Waals surface area contributed by atoms with Gasteiger partial charge in [-0.1, -0.05) is 30.3 Å². The van der Waals surface area contributed by atoms with E-state index >= 15 is 0 Å². The molecule has 8 nitrogen and oxygen atoms in total. The zero-order valence-electron chi connectivity index (χ0n) is 14.7. The van der Waals surface area contributed by atoms with Crippen molar-refractivity contribution in [3.8, 4) is 0 Å². The first-order valence-electron chi connectivity index (χ1n) is 7.99. The van der Waals surface area contributed by atoms with Gasteiger partial charge in [-0.15, -0.1) is 0 Å². The second-order valence-electron chi connectivity index (χ2n) is 5.77. The molecule has 0 bridgehead atoms. The molecule has 1 aromatic rings. The first-order chi connectivity index (χ1) is 12.3. The van der Waals surface area contributed by atoms with Crippen LogP contribution >= 0.6 is 11.8 Å². The Balaban J connectivity index is 2.89. The third-order valence-corrected chi connectivity index (χ3v) is 4.29. The topological polar surface area (TPSA) is 144 Å². The van der Waals surface area contributed by atoms with E-state index in [4.69, 9.17) is 11.5 Å². The largest absolute Gasteiger partial charge is 0.368 e. The molecule has 0 fully saturated rings. The highest BCUT2D eigenvalue weighted by molar-refractivity contribution is 7.98. The zero-order valence-corrected chi connectivity index (χ0v) is 15.5. The molecule has 26 heavy (non-hydrogen) atoms. The third-order valence-electron chi connectivity index (χ3n) is 3.60. The maximum absolute atomic E-state index is 12.4. The smallest absolute Gasteiger partial charge is 0.289 e. The number of carbonyl (C=O) groups is 4. The molecule has 0 aromatic heterocycles. The number of benzene rings is 1. The van der Waals surface area contributed by atoms with Crippen molar-refractivity contribution >= 4 is 35.3 Å². The Bertz CT molecular complexity index is 653. The highest BCUT2D eigenvalue weighted by Crippen LogP contribution is 2.05. The van der Waals surface area contributed by atoms with Crippen molar-refractivity contribution in [1.29, 1.82) is 0 Å². The molecular weight excluding hydrogens is 356 g/mol. The summed E-state index contributed by atoms with van der Waals surface area (Å²) in [6.45, 7) is 1.43. The summed E-state index contributed by atoms with van der Waals surface area (Å²) in [4.78, 5) is 47.8. The number of hydrogen-bond acceptors (Lipinski definition) is 6. The maximum atomic E-state index is 12.4. The van der Waals surface area contributed by atoms with Gasteiger partial charge in [-0.05, 0) is 18.7 Å². The van der Waals surface area contributed by atoms with Crippen molar-refractivity contribution < 1.29 is 19.2 Å². The lowest BCUT2D eigenvalue weighted by Crippen LogP contribution is -2.55. The highest BCUT2D eigenvalue weighted by atomic mass is 32.2. The fourth-order valence-corrected chi connectivity index (χ4v) is 2.61. The van der Waals surface area contributed by atoms with Gasteiger partial charge in [0.05, 0.1) is 6.04 Å². The van der Waals surface area contributed by atoms with Crippen molar-refractivity contribution in [1.82, 2.24) is 10.6 Å². The van der Waals surface area contributed by atoms with Crippen LogP contribution in [-0.2, 0) is 25.6 Å². The summed E-state index contributed by atoms with van der Waals surface area (Å²) in [5, 5.41) is 4.83. The summed E-state index contributed by atoms with van der Waals surface area (Å²) in [6, 6.07) is 6.06. The highest BCUT2D eigenvalue weighted by Gasteiger charge is 2.28. The van der Waals surface area contributed by atoms with Gasteiger partial charge >= 0.3 is 0 Å². The Hall–Kier alpha value is -2.39. The molecule has 3 atom stereocenters. The zero-order chi connectivity index (χ0) is 19.7. The lowest BCUT2D eigenvalue weighted by molar-refractivity contribution is -0.140. The summed E-state index contributed by atoms with van der Waals surface area (Å²) in [7, 11) is 0. The van der Waals surface area contributed by atoms with E-state index < -0.39 is 41.6 Å². The minimum atomic E-state index is -1.04. The van der Waals surface area contributed by atoms with Crippen molar-refractivity contribution in [3.05, 3.63) is 35.9 Å². The third kappa shape index (κ3) is 6.85. The van der Waals surface area contributed by atoms with Crippen LogP contribution in [0.2, 0.25) is 0 Å². The summed E-state index contributed by atoms with van der Waals surface area (Å²) in [5.74, 6) is -2.76. The average Bonchev–Trinajstić information content (AvgIpc) is 2.61. The normalized spacial score (nSPS) is 14.0. The first kappa shape index (κ1) is 21.7. The van der Waals surface area contributed by atoms with E-state index in [1.165, 1.54) is 18.7 Å². The molecule has 1 aromatic carbocycles. The van der Waals surface area contributed by atoms with E-state index in [0.717, 1.165) is 5.56 Å². The quantitative estimate of drug-likeness (QED) is 0.382. The van der Waals surface area contributed by atoms with Crippen molar-refractivity contribution in [2.45, 2.75) is 31.5 Å². The van der Waals surface area contributed by atoms with Gasteiger partial charge in [0.25, 0.3) is 5.91 Å². The van der Waals surface area contributed by atoms with E-state index in [2.05, 4.69) is 10.6 Å². The summed E-state index contributed by atoms with van der Waals surface area (Å²) in [5.41, 5.74) is 11.6. The summed E-state index contributed by atoms with van der Waals surface area (Å²) >= 11 is 1.34. The van der Waals surface area contributed by atoms with E-state index in [9.17, 15) is 19.2 Å². The molecule has 3 amide bonds. The SMILES string of the molecule is CSCC(N)C(=O)C(=O)NC(Cc1ccccc1)C(=O)NC(C)C(N)=O. The van der Waals surface area contributed by atoms with E-state index in [1.807, 2.05) is 6.07 Å². The Morgan fingerprint density at radius 1 is 1.12 bits per heavy atom. The number of amides is 3. The second kappa shape index (κ2) is 10.6. The Morgan fingerprint density at radius 2 is 1.73 bits per heavy atom. The Labute approximate surface area is 156 Å². The number of carbonyl (C=O) groups excluding carboxylic acids is 4. The van der Waals surface area contributed by atoms with Crippen LogP contribution in [0.15, 0.2) is 30.3 Å². The predicted molar refractivity (Wildman–Crippen MR) is 100 cm³/mol. The van der Waals surface area contributed by atoms with Crippen LogP contribution in [0.4, 0.5) is 0 Å². The number of thioether (sulfide) groups is 1. The van der Waals surface area contributed by atoms with E-state index in [1.54, 1.807) is 30.5 Å². The molecule has 0 radical (unpaired) electrons.